The second-order valence-corrected chi connectivity index (χ2v) is 8.42. The van der Waals surface area contributed by atoms with Crippen LogP contribution in [-0.4, -0.2) is 24.3 Å². The van der Waals surface area contributed by atoms with E-state index >= 15 is 0 Å². The molecule has 4 heteroatoms. The number of aliphatic imine (C=N–C) groups is 1. The van der Waals surface area contributed by atoms with Gasteiger partial charge in [0.25, 0.3) is 0 Å². The van der Waals surface area contributed by atoms with Crippen LogP contribution in [0.15, 0.2) is 78.8 Å². The highest BCUT2D eigenvalue weighted by atomic mass is 16.5. The molecule has 1 N–H and O–H groups in total. The molecule has 0 saturated carbocycles. The molecule has 2 aromatic rings. The first kappa shape index (κ1) is 22.7. The molecule has 1 amide bonds. The third kappa shape index (κ3) is 5.20. The molecule has 3 rings (SSSR count). The molecule has 0 bridgehead atoms. The SMILES string of the molecule is C=C[C@](CO[C@H](C)c1cc(C)cc(C)c1)(/N=C\[C@]1(C=C)CCC(=O)N1)c1ccccc1. The minimum absolute atomic E-state index is 0.00922. The van der Waals surface area contributed by atoms with E-state index in [9.17, 15) is 4.79 Å². The van der Waals surface area contributed by atoms with Gasteiger partial charge in [0.1, 0.15) is 5.54 Å². The maximum atomic E-state index is 11.8. The van der Waals surface area contributed by atoms with Crippen molar-refractivity contribution in [3.63, 3.8) is 0 Å². The predicted octanol–water partition coefficient (Wildman–Crippen LogP) is 5.37. The summed E-state index contributed by atoms with van der Waals surface area (Å²) in [5.41, 5.74) is 3.13. The number of nitrogens with zero attached hydrogens (tertiary/aromatic N) is 1. The van der Waals surface area contributed by atoms with Crippen molar-refractivity contribution < 1.29 is 9.53 Å². The fraction of sp³-hybridized carbons (Fsp3) is 0.333. The molecule has 2 aromatic carbocycles. The molecule has 1 heterocycles. The number of hydrogen-bond donors (Lipinski definition) is 1. The first-order valence-electron chi connectivity index (χ1n) is 10.7. The number of benzene rings is 2. The summed E-state index contributed by atoms with van der Waals surface area (Å²) in [5.74, 6) is 0.00922. The second-order valence-electron chi connectivity index (χ2n) is 8.42. The number of carbonyl (C=O) groups is 1. The van der Waals surface area contributed by atoms with Crippen molar-refractivity contribution in [1.82, 2.24) is 5.32 Å². The highest BCUT2D eigenvalue weighted by Gasteiger charge is 2.36. The third-order valence-electron chi connectivity index (χ3n) is 5.91. The molecular formula is C27H32N2O2. The summed E-state index contributed by atoms with van der Waals surface area (Å²) >= 11 is 0. The topological polar surface area (TPSA) is 50.7 Å². The smallest absolute Gasteiger partial charge is 0.221 e. The summed E-state index contributed by atoms with van der Waals surface area (Å²) in [6.45, 7) is 14.6. The third-order valence-corrected chi connectivity index (χ3v) is 5.91. The van der Waals surface area contributed by atoms with Gasteiger partial charge in [-0.25, -0.2) is 0 Å². The number of aryl methyl sites for hydroxylation is 2. The highest BCUT2D eigenvalue weighted by molar-refractivity contribution is 5.89. The van der Waals surface area contributed by atoms with Crippen LogP contribution in [0, 0.1) is 13.8 Å². The van der Waals surface area contributed by atoms with Gasteiger partial charge in [0, 0.05) is 12.6 Å². The van der Waals surface area contributed by atoms with E-state index in [4.69, 9.17) is 9.73 Å². The normalized spacial score (nSPS) is 21.5. The lowest BCUT2D eigenvalue weighted by Crippen LogP contribution is -2.42. The van der Waals surface area contributed by atoms with Crippen LogP contribution in [0.4, 0.5) is 0 Å². The average molecular weight is 417 g/mol. The van der Waals surface area contributed by atoms with Gasteiger partial charge in [-0.1, -0.05) is 71.8 Å². The molecular weight excluding hydrogens is 384 g/mol. The molecule has 4 nitrogen and oxygen atoms in total. The summed E-state index contributed by atoms with van der Waals surface area (Å²) in [7, 11) is 0. The molecule has 1 fully saturated rings. The minimum atomic E-state index is -0.780. The molecule has 0 unspecified atom stereocenters. The van der Waals surface area contributed by atoms with Crippen LogP contribution in [-0.2, 0) is 15.1 Å². The van der Waals surface area contributed by atoms with Crippen molar-refractivity contribution in [3.8, 4) is 0 Å². The minimum Gasteiger partial charge on any atom is -0.371 e. The van der Waals surface area contributed by atoms with Gasteiger partial charge >= 0.3 is 0 Å². The van der Waals surface area contributed by atoms with E-state index in [1.807, 2.05) is 36.4 Å². The van der Waals surface area contributed by atoms with Crippen molar-refractivity contribution >= 4 is 12.1 Å². The van der Waals surface area contributed by atoms with E-state index in [0.717, 1.165) is 11.1 Å². The quantitative estimate of drug-likeness (QED) is 0.441. The highest BCUT2D eigenvalue weighted by Crippen LogP contribution is 2.32. The molecule has 1 aliphatic heterocycles. The Bertz CT molecular complexity index is 962. The molecule has 0 aliphatic carbocycles. The zero-order valence-corrected chi connectivity index (χ0v) is 18.7. The maximum Gasteiger partial charge on any atom is 0.221 e. The van der Waals surface area contributed by atoms with Crippen molar-refractivity contribution in [2.75, 3.05) is 6.61 Å². The second kappa shape index (κ2) is 9.44. The molecule has 1 saturated heterocycles. The van der Waals surface area contributed by atoms with Crippen LogP contribution in [0.1, 0.15) is 48.1 Å². The van der Waals surface area contributed by atoms with Crippen LogP contribution >= 0.6 is 0 Å². The average Bonchev–Trinajstić information content (AvgIpc) is 3.15. The van der Waals surface area contributed by atoms with E-state index in [1.165, 1.54) is 11.1 Å². The van der Waals surface area contributed by atoms with Gasteiger partial charge < -0.3 is 10.1 Å². The van der Waals surface area contributed by atoms with Crippen LogP contribution in [0.3, 0.4) is 0 Å². The number of nitrogens with one attached hydrogen (secondary N) is 1. The zero-order valence-electron chi connectivity index (χ0n) is 18.7. The number of amides is 1. The maximum absolute atomic E-state index is 11.8. The molecule has 3 atom stereocenters. The van der Waals surface area contributed by atoms with Crippen LogP contribution in [0.2, 0.25) is 0 Å². The van der Waals surface area contributed by atoms with Gasteiger partial charge in [-0.2, -0.15) is 0 Å². The van der Waals surface area contributed by atoms with Gasteiger partial charge in [0.15, 0.2) is 0 Å². The molecule has 1 aliphatic rings. The van der Waals surface area contributed by atoms with Gasteiger partial charge in [-0.15, -0.1) is 13.2 Å². The molecule has 31 heavy (non-hydrogen) atoms. The first-order valence-corrected chi connectivity index (χ1v) is 10.7. The van der Waals surface area contributed by atoms with Crippen molar-refractivity contribution in [2.45, 2.75) is 50.8 Å². The number of carbonyl (C=O) groups excluding carboxylic acids is 1. The van der Waals surface area contributed by atoms with E-state index < -0.39 is 11.1 Å². The lowest BCUT2D eigenvalue weighted by atomic mass is 9.90. The standard InChI is InChI=1S/C27H32N2O2/c1-6-26(14-13-25(30)29-26)18-28-27(7-2,24-11-9-8-10-12-24)19-31-22(5)23-16-20(3)15-21(4)17-23/h6-12,15-18,22H,1-2,13-14,19H2,3-5H3,(H,29,30)/b28-18-/t22-,26+,27-/m1/s1. The summed E-state index contributed by atoms with van der Waals surface area (Å²) in [4.78, 5) is 16.8. The number of ether oxygens (including phenoxy) is 1. The number of hydrogen-bond acceptors (Lipinski definition) is 3. The largest absolute Gasteiger partial charge is 0.371 e. The Morgan fingerprint density at radius 2 is 1.87 bits per heavy atom. The van der Waals surface area contributed by atoms with Gasteiger partial charge in [-0.3, -0.25) is 9.79 Å². The Morgan fingerprint density at radius 1 is 1.19 bits per heavy atom. The predicted molar refractivity (Wildman–Crippen MR) is 127 cm³/mol. The fourth-order valence-electron chi connectivity index (χ4n) is 3.98. The number of rotatable bonds is 9. The lowest BCUT2D eigenvalue weighted by Gasteiger charge is -2.30. The Hall–Kier alpha value is -2.98. The van der Waals surface area contributed by atoms with Gasteiger partial charge in [-0.05, 0) is 38.3 Å². The van der Waals surface area contributed by atoms with E-state index in [2.05, 4.69) is 57.4 Å². The lowest BCUT2D eigenvalue weighted by molar-refractivity contribution is -0.119. The zero-order chi connectivity index (χ0) is 22.5. The van der Waals surface area contributed by atoms with Crippen LogP contribution < -0.4 is 5.32 Å². The Balaban J connectivity index is 1.91. The van der Waals surface area contributed by atoms with Gasteiger partial charge in [0.05, 0.1) is 18.2 Å². The van der Waals surface area contributed by atoms with E-state index in [0.29, 0.717) is 19.4 Å². The summed E-state index contributed by atoms with van der Waals surface area (Å²) in [6, 6.07) is 16.5. The van der Waals surface area contributed by atoms with Crippen LogP contribution in [0.5, 0.6) is 0 Å². The fourth-order valence-corrected chi connectivity index (χ4v) is 3.98. The van der Waals surface area contributed by atoms with Crippen molar-refractivity contribution in [2.24, 2.45) is 4.99 Å². The molecule has 0 spiro atoms. The molecule has 162 valence electrons. The Labute approximate surface area is 185 Å². The monoisotopic (exact) mass is 416 g/mol. The van der Waals surface area contributed by atoms with Crippen molar-refractivity contribution in [3.05, 3.63) is 96.1 Å². The Morgan fingerprint density at radius 3 is 2.42 bits per heavy atom. The summed E-state index contributed by atoms with van der Waals surface area (Å²) in [5, 5.41) is 2.99. The van der Waals surface area contributed by atoms with E-state index in [-0.39, 0.29) is 12.0 Å². The molecule has 0 radical (unpaired) electrons. The Kier molecular flexibility index (Phi) is 6.91. The van der Waals surface area contributed by atoms with Gasteiger partial charge in [0.2, 0.25) is 5.91 Å². The summed E-state index contributed by atoms with van der Waals surface area (Å²) < 4.78 is 6.35. The van der Waals surface area contributed by atoms with Crippen molar-refractivity contribution in [1.29, 1.82) is 0 Å². The first-order chi connectivity index (χ1) is 14.8. The van der Waals surface area contributed by atoms with E-state index in [1.54, 1.807) is 12.3 Å². The summed E-state index contributed by atoms with van der Waals surface area (Å²) in [6.07, 6.45) is 6.37. The molecule has 0 aromatic heterocycles. The van der Waals surface area contributed by atoms with Crippen LogP contribution in [0.25, 0.3) is 0 Å².